The van der Waals surface area contributed by atoms with E-state index in [1.807, 2.05) is 5.01 Å². The molecular weight excluding hydrogens is 282 g/mol. The zero-order chi connectivity index (χ0) is 14.3. The van der Waals surface area contributed by atoms with Gasteiger partial charge in [0, 0.05) is 11.9 Å². The number of aliphatic hydroxyl groups is 3. The van der Waals surface area contributed by atoms with Crippen molar-refractivity contribution in [3.8, 4) is 0 Å². The van der Waals surface area contributed by atoms with Crippen molar-refractivity contribution in [2.24, 2.45) is 4.99 Å². The Morgan fingerprint density at radius 3 is 3.00 bits per heavy atom. The number of hydrogen-bond acceptors (Lipinski definition) is 9. The molecule has 8 nitrogen and oxygen atoms in total. The summed E-state index contributed by atoms with van der Waals surface area (Å²) in [7, 11) is 0. The fraction of sp³-hybridized carbons (Fsp3) is 0.727. The number of rotatable bonds is 6. The highest BCUT2D eigenvalue weighted by atomic mass is 32.1. The van der Waals surface area contributed by atoms with E-state index in [-0.39, 0.29) is 29.8 Å². The van der Waals surface area contributed by atoms with Gasteiger partial charge in [-0.3, -0.25) is 5.01 Å². The molecule has 3 aliphatic heterocycles. The van der Waals surface area contributed by atoms with E-state index in [2.05, 4.69) is 28.6 Å². The Bertz CT molecular complexity index is 446. The van der Waals surface area contributed by atoms with E-state index in [1.165, 1.54) is 0 Å². The molecule has 20 heavy (non-hydrogen) atoms. The number of hydrogen-bond donors (Lipinski definition) is 6. The first-order valence-electron chi connectivity index (χ1n) is 6.67. The predicted molar refractivity (Wildman–Crippen MR) is 75.4 cm³/mol. The van der Waals surface area contributed by atoms with Crippen LogP contribution in [0.4, 0.5) is 0 Å². The van der Waals surface area contributed by atoms with Crippen molar-refractivity contribution >= 4 is 19.0 Å². The molecule has 0 aromatic heterocycles. The third kappa shape index (κ3) is 2.25. The van der Waals surface area contributed by atoms with Crippen molar-refractivity contribution in [1.82, 2.24) is 21.1 Å². The van der Waals surface area contributed by atoms with Crippen molar-refractivity contribution in [2.45, 2.75) is 42.7 Å². The van der Waals surface area contributed by atoms with E-state index in [0.717, 1.165) is 12.1 Å². The van der Waals surface area contributed by atoms with Gasteiger partial charge in [-0.05, 0) is 19.3 Å². The first-order valence-corrected chi connectivity index (χ1v) is 7.18. The van der Waals surface area contributed by atoms with Crippen LogP contribution in [0.3, 0.4) is 0 Å². The molecular formula is C11H19N5O3S. The maximum absolute atomic E-state index is 9.78. The monoisotopic (exact) mass is 301 g/mol. The molecule has 2 saturated heterocycles. The third-order valence-corrected chi connectivity index (χ3v) is 4.49. The van der Waals surface area contributed by atoms with Crippen molar-refractivity contribution in [3.05, 3.63) is 11.6 Å². The molecule has 2 unspecified atom stereocenters. The molecule has 112 valence electrons. The lowest BCUT2D eigenvalue weighted by Crippen LogP contribution is -2.58. The van der Waals surface area contributed by atoms with Gasteiger partial charge < -0.3 is 15.3 Å². The van der Waals surface area contributed by atoms with E-state index >= 15 is 0 Å². The molecule has 0 radical (unpaired) electrons. The van der Waals surface area contributed by atoms with Crippen LogP contribution in [0.2, 0.25) is 0 Å². The maximum Gasteiger partial charge on any atom is 0.237 e. The van der Waals surface area contributed by atoms with Crippen molar-refractivity contribution in [2.75, 3.05) is 6.61 Å². The standard InChI is InChI=1S/C11H19N5O3S/c17-4-3-7(18)8(20)2-1-6-9-10-11(19)12-5-15(9)14-16(10)13-6/h5-9,13-14,17-20H,1-4H2/t6?,7-,8+,9?/m1/s1. The van der Waals surface area contributed by atoms with Crippen molar-refractivity contribution < 1.29 is 15.3 Å². The predicted octanol–water partition coefficient (Wildman–Crippen LogP) is -1.13. The molecule has 2 fully saturated rings. The largest absolute Gasteiger partial charge is 0.492 e. The molecule has 3 heterocycles. The lowest BCUT2D eigenvalue weighted by molar-refractivity contribution is 0.0581. The van der Waals surface area contributed by atoms with E-state index in [9.17, 15) is 10.2 Å². The van der Waals surface area contributed by atoms with Gasteiger partial charge in [0.25, 0.3) is 0 Å². The van der Waals surface area contributed by atoms with Crippen molar-refractivity contribution in [1.29, 1.82) is 0 Å². The summed E-state index contributed by atoms with van der Waals surface area (Å²) < 4.78 is 0. The Morgan fingerprint density at radius 1 is 1.45 bits per heavy atom. The van der Waals surface area contributed by atoms with Crippen LogP contribution >= 0.6 is 12.6 Å². The summed E-state index contributed by atoms with van der Waals surface area (Å²) in [6, 6.07) is 0.124. The van der Waals surface area contributed by atoms with Gasteiger partial charge in [-0.1, -0.05) is 0 Å². The SMILES string of the molecule is OCC[C@@H](O)[C@@H](S)CCC1NN2NN3C=NC(O)=C2C13. The molecule has 0 aromatic rings. The number of nitrogens with one attached hydrogen (secondary N) is 2. The molecule has 0 saturated carbocycles. The van der Waals surface area contributed by atoms with E-state index in [0.29, 0.717) is 12.8 Å². The summed E-state index contributed by atoms with van der Waals surface area (Å²) in [5.41, 5.74) is 6.99. The van der Waals surface area contributed by atoms with E-state index in [4.69, 9.17) is 5.11 Å². The van der Waals surface area contributed by atoms with Crippen LogP contribution in [-0.4, -0.2) is 61.8 Å². The van der Waals surface area contributed by atoms with Crippen molar-refractivity contribution in [3.63, 3.8) is 0 Å². The van der Waals surface area contributed by atoms with Crippen LogP contribution in [0.15, 0.2) is 16.6 Å². The number of aliphatic hydroxyl groups excluding tert-OH is 3. The molecule has 0 aliphatic carbocycles. The van der Waals surface area contributed by atoms with Gasteiger partial charge in [0.2, 0.25) is 5.88 Å². The average molecular weight is 301 g/mol. The first kappa shape index (κ1) is 14.0. The summed E-state index contributed by atoms with van der Waals surface area (Å²) in [5, 5.41) is 31.7. The van der Waals surface area contributed by atoms with E-state index in [1.54, 1.807) is 11.5 Å². The lowest BCUT2D eigenvalue weighted by Gasteiger charge is -2.32. The minimum Gasteiger partial charge on any atom is -0.492 e. The highest BCUT2D eigenvalue weighted by molar-refractivity contribution is 7.81. The second-order valence-electron chi connectivity index (χ2n) is 5.20. The molecule has 4 atom stereocenters. The highest BCUT2D eigenvalue weighted by Crippen LogP contribution is 2.34. The number of hydrazine groups is 3. The summed E-state index contributed by atoms with van der Waals surface area (Å²) in [5.74, 6) is 0.0222. The molecule has 3 rings (SSSR count). The second kappa shape index (κ2) is 5.41. The molecule has 0 aromatic carbocycles. The molecule has 9 heteroatoms. The Morgan fingerprint density at radius 2 is 2.25 bits per heavy atom. The van der Waals surface area contributed by atoms with Crippen LogP contribution in [0.5, 0.6) is 0 Å². The maximum atomic E-state index is 9.78. The number of thiol groups is 1. The summed E-state index contributed by atoms with van der Waals surface area (Å²) in [6.45, 7) is -0.0365. The van der Waals surface area contributed by atoms with E-state index < -0.39 is 6.10 Å². The third-order valence-electron chi connectivity index (χ3n) is 3.89. The minimum atomic E-state index is -0.602. The minimum absolute atomic E-state index is 0.00279. The topological polar surface area (TPSA) is 104 Å². The van der Waals surface area contributed by atoms with Crippen LogP contribution in [0.25, 0.3) is 0 Å². The van der Waals surface area contributed by atoms with Crippen LogP contribution < -0.4 is 11.0 Å². The number of aliphatic imine (C=N–C) groups is 1. The van der Waals surface area contributed by atoms with Crippen LogP contribution in [0, 0.1) is 0 Å². The summed E-state index contributed by atoms with van der Waals surface area (Å²) in [4.78, 5) is 3.89. The zero-order valence-corrected chi connectivity index (χ0v) is 11.7. The second-order valence-corrected chi connectivity index (χ2v) is 5.86. The molecule has 5 N–H and O–H groups in total. The Labute approximate surface area is 122 Å². The number of nitrogens with zero attached hydrogens (tertiary/aromatic N) is 3. The Kier molecular flexibility index (Phi) is 3.78. The zero-order valence-electron chi connectivity index (χ0n) is 10.8. The highest BCUT2D eigenvalue weighted by Gasteiger charge is 2.50. The average Bonchev–Trinajstić information content (AvgIpc) is 2.92. The quantitative estimate of drug-likeness (QED) is 0.345. The van der Waals surface area contributed by atoms with Crippen LogP contribution in [0.1, 0.15) is 19.3 Å². The molecule has 4 bridgehead atoms. The normalized spacial score (nSPS) is 30.4. The van der Waals surface area contributed by atoms with Gasteiger partial charge in [-0.2, -0.15) is 12.6 Å². The smallest absolute Gasteiger partial charge is 0.237 e. The van der Waals surface area contributed by atoms with Gasteiger partial charge in [0.05, 0.1) is 12.1 Å². The first-order chi connectivity index (χ1) is 9.61. The Balaban J connectivity index is 1.58. The lowest BCUT2D eigenvalue weighted by atomic mass is 9.99. The van der Waals surface area contributed by atoms with Gasteiger partial charge in [0.15, 0.2) is 0 Å². The summed E-state index contributed by atoms with van der Waals surface area (Å²) in [6.07, 6.45) is 2.81. The Hall–Kier alpha value is -1.00. The van der Waals surface area contributed by atoms with Gasteiger partial charge in [-0.25, -0.2) is 15.5 Å². The van der Waals surface area contributed by atoms with Crippen LogP contribution in [-0.2, 0) is 0 Å². The molecule has 3 aliphatic rings. The van der Waals surface area contributed by atoms with Gasteiger partial charge in [0.1, 0.15) is 18.1 Å². The fourth-order valence-corrected chi connectivity index (χ4v) is 3.12. The van der Waals surface area contributed by atoms with Gasteiger partial charge >= 0.3 is 0 Å². The summed E-state index contributed by atoms with van der Waals surface area (Å²) >= 11 is 4.38. The fourth-order valence-electron chi connectivity index (χ4n) is 2.82. The van der Waals surface area contributed by atoms with Gasteiger partial charge in [-0.15, -0.1) is 5.53 Å². The molecule has 0 amide bonds. The molecule has 0 spiro atoms.